The van der Waals surface area contributed by atoms with Gasteiger partial charge in [0, 0.05) is 40.7 Å². The fourth-order valence-electron chi connectivity index (χ4n) is 8.98. The zero-order valence-electron chi connectivity index (χ0n) is 29.1. The summed E-state index contributed by atoms with van der Waals surface area (Å²) >= 11 is 0. The topological polar surface area (TPSA) is 166 Å². The van der Waals surface area contributed by atoms with Crippen molar-refractivity contribution in [2.24, 2.45) is 22.7 Å². The molecule has 1 fully saturated rings. The van der Waals surface area contributed by atoms with Gasteiger partial charge in [-0.25, -0.2) is 4.39 Å². The number of hydrogen-bond acceptors (Lipinski definition) is 9. The number of phenols is 1. The van der Waals surface area contributed by atoms with Gasteiger partial charge >= 0.3 is 0 Å². The van der Waals surface area contributed by atoms with Gasteiger partial charge in [0.1, 0.15) is 34.4 Å². The number of phenolic OH excluding ortho intramolecular Hbond substituents is 1. The fraction of sp³-hybridized carbons (Fsp3) is 0.462. The normalized spacial score (nSPS) is 26.6. The molecule has 9 nitrogen and oxygen atoms in total. The van der Waals surface area contributed by atoms with Gasteiger partial charge in [0.25, 0.3) is 0 Å². The van der Waals surface area contributed by atoms with Crippen molar-refractivity contribution in [2.45, 2.75) is 92.6 Å². The number of ketones is 5. The maximum absolute atomic E-state index is 14.6. The van der Waals surface area contributed by atoms with Crippen LogP contribution in [0.1, 0.15) is 106 Å². The number of hydrogen-bond donors (Lipinski definition) is 4. The molecule has 0 amide bonds. The number of aliphatic hydroxyl groups excluding tert-OH is 2. The summed E-state index contributed by atoms with van der Waals surface area (Å²) in [7, 11) is 0. The standard InChI is InChI=1S/C39H43FO9/c1-17(2)24-14-22(13-23(43)11-21-9-10-27(40)25(12-21)19(5)41)32(44)29-26(24)15-37(7)16-38(8)30(18(3)4)33(45)28(20(6)42)35(47)39(38,49)36(48)31(37)34(29)46/h9-10,12,14,17-18,30,44,46-47,49H,11,13,15-16H2,1-8H3/t30?,37-,38-,39+/m1/s1. The largest absolute Gasteiger partial charge is 0.508 e. The number of carbonyl (C=O) groups is 5. The summed E-state index contributed by atoms with van der Waals surface area (Å²) in [5, 5.41) is 47.3. The summed E-state index contributed by atoms with van der Waals surface area (Å²) in [4.78, 5) is 66.1. The van der Waals surface area contributed by atoms with Crippen molar-refractivity contribution in [1.82, 2.24) is 0 Å². The van der Waals surface area contributed by atoms with Crippen molar-refractivity contribution < 1.29 is 48.8 Å². The van der Waals surface area contributed by atoms with E-state index in [1.165, 1.54) is 19.1 Å². The van der Waals surface area contributed by atoms with Crippen LogP contribution in [-0.2, 0) is 38.4 Å². The molecule has 0 radical (unpaired) electrons. The van der Waals surface area contributed by atoms with Crippen LogP contribution in [0.2, 0.25) is 0 Å². The summed E-state index contributed by atoms with van der Waals surface area (Å²) in [5.41, 5.74) is -4.71. The van der Waals surface area contributed by atoms with Gasteiger partial charge in [-0.3, -0.25) is 24.0 Å². The second-order valence-electron chi connectivity index (χ2n) is 15.2. The van der Waals surface area contributed by atoms with Crippen molar-refractivity contribution in [2.75, 3.05) is 0 Å². The van der Waals surface area contributed by atoms with Crippen LogP contribution in [0.4, 0.5) is 4.39 Å². The Bertz CT molecular complexity index is 1930. The maximum Gasteiger partial charge on any atom is 0.203 e. The van der Waals surface area contributed by atoms with E-state index < -0.39 is 80.1 Å². The number of carbonyl (C=O) groups excluding carboxylic acids is 5. The lowest BCUT2D eigenvalue weighted by Crippen LogP contribution is -2.69. The number of fused-ring (bicyclic) bond motifs is 3. The first-order chi connectivity index (χ1) is 22.6. The highest BCUT2D eigenvalue weighted by atomic mass is 19.1. The highest BCUT2D eigenvalue weighted by Crippen LogP contribution is 2.65. The molecule has 2 aromatic carbocycles. The van der Waals surface area contributed by atoms with E-state index in [9.17, 15) is 48.8 Å². The summed E-state index contributed by atoms with van der Waals surface area (Å²) in [6.07, 6.45) is -0.349. The molecule has 49 heavy (non-hydrogen) atoms. The predicted octanol–water partition coefficient (Wildman–Crippen LogP) is 6.01. The Labute approximate surface area is 284 Å². The molecule has 3 aliphatic rings. The van der Waals surface area contributed by atoms with Crippen LogP contribution in [0.25, 0.3) is 5.76 Å². The number of aliphatic hydroxyl groups is 3. The molecule has 5 rings (SSSR count). The van der Waals surface area contributed by atoms with Gasteiger partial charge in [0.05, 0.1) is 11.1 Å². The first kappa shape index (κ1) is 35.9. The molecular weight excluding hydrogens is 631 g/mol. The SMILES string of the molecule is CC(=O)C1=C(O)[C@]2(O)C(=O)C3=C(O)c4c(O)c(CC(=O)Cc5ccc(F)c(C(C)=O)c5)cc(C(C)C)c4C[C@]3(C)C[C@]2(C)C(C(C)C)C1=O. The molecule has 0 heterocycles. The molecule has 10 heteroatoms. The lowest BCUT2D eigenvalue weighted by atomic mass is 9.43. The summed E-state index contributed by atoms with van der Waals surface area (Å²) < 4.78 is 14.1. The first-order valence-corrected chi connectivity index (χ1v) is 16.5. The molecule has 4 atom stereocenters. The molecule has 2 aromatic rings. The third-order valence-electron chi connectivity index (χ3n) is 10.9. The lowest BCUT2D eigenvalue weighted by molar-refractivity contribution is -0.178. The van der Waals surface area contributed by atoms with Crippen molar-refractivity contribution in [1.29, 1.82) is 0 Å². The van der Waals surface area contributed by atoms with E-state index >= 15 is 0 Å². The average molecular weight is 675 g/mol. The average Bonchev–Trinajstić information content (AvgIpc) is 2.96. The predicted molar refractivity (Wildman–Crippen MR) is 179 cm³/mol. The van der Waals surface area contributed by atoms with E-state index in [1.54, 1.807) is 33.8 Å². The Hall–Kier alpha value is -4.44. The molecule has 1 unspecified atom stereocenters. The summed E-state index contributed by atoms with van der Waals surface area (Å²) in [6.45, 7) is 12.9. The van der Waals surface area contributed by atoms with Crippen LogP contribution in [0, 0.1) is 28.5 Å². The Morgan fingerprint density at radius 1 is 0.959 bits per heavy atom. The van der Waals surface area contributed by atoms with Crippen molar-refractivity contribution in [3.05, 3.63) is 80.4 Å². The van der Waals surface area contributed by atoms with Crippen LogP contribution in [0.3, 0.4) is 0 Å². The van der Waals surface area contributed by atoms with Crippen LogP contribution in [-0.4, -0.2) is 54.9 Å². The van der Waals surface area contributed by atoms with Crippen molar-refractivity contribution in [3.63, 3.8) is 0 Å². The zero-order valence-corrected chi connectivity index (χ0v) is 29.1. The summed E-state index contributed by atoms with van der Waals surface area (Å²) in [5.74, 6) is -7.76. The van der Waals surface area contributed by atoms with Crippen LogP contribution in [0.15, 0.2) is 41.2 Å². The molecule has 0 aromatic heterocycles. The van der Waals surface area contributed by atoms with Gasteiger partial charge in [-0.1, -0.05) is 53.7 Å². The van der Waals surface area contributed by atoms with Gasteiger partial charge in [-0.15, -0.1) is 0 Å². The smallest absolute Gasteiger partial charge is 0.203 e. The number of rotatable bonds is 8. The number of Topliss-reactive ketones (excluding diaryl/α,β-unsaturated/α-hetero) is 5. The van der Waals surface area contributed by atoms with Crippen LogP contribution < -0.4 is 0 Å². The maximum atomic E-state index is 14.6. The second-order valence-corrected chi connectivity index (χ2v) is 15.2. The Morgan fingerprint density at radius 3 is 2.14 bits per heavy atom. The third kappa shape index (κ3) is 5.18. The van der Waals surface area contributed by atoms with Crippen LogP contribution >= 0.6 is 0 Å². The number of allylic oxidation sites excluding steroid dienone is 1. The minimum atomic E-state index is -2.73. The number of benzene rings is 2. The second kappa shape index (κ2) is 11.9. The minimum Gasteiger partial charge on any atom is -0.508 e. The molecule has 0 bridgehead atoms. The molecule has 0 saturated heterocycles. The Kier molecular flexibility index (Phi) is 8.68. The molecule has 260 valence electrons. The molecule has 4 N–H and O–H groups in total. The monoisotopic (exact) mass is 674 g/mol. The molecule has 1 saturated carbocycles. The first-order valence-electron chi connectivity index (χ1n) is 16.5. The van der Waals surface area contributed by atoms with Gasteiger partial charge in [0.15, 0.2) is 23.0 Å². The quantitative estimate of drug-likeness (QED) is 0.194. The third-order valence-corrected chi connectivity index (χ3v) is 10.9. The molecule has 0 aliphatic heterocycles. The fourth-order valence-corrected chi connectivity index (χ4v) is 8.98. The van der Waals surface area contributed by atoms with Crippen molar-refractivity contribution in [3.8, 4) is 5.75 Å². The van der Waals surface area contributed by atoms with Gasteiger partial charge in [-0.05, 0) is 67.3 Å². The molecule has 0 spiro atoms. The van der Waals surface area contributed by atoms with Gasteiger partial charge in [-0.2, -0.15) is 0 Å². The Balaban J connectivity index is 1.67. The van der Waals surface area contributed by atoms with Gasteiger partial charge in [0.2, 0.25) is 5.78 Å². The van der Waals surface area contributed by atoms with E-state index in [-0.39, 0.29) is 59.6 Å². The Morgan fingerprint density at radius 2 is 1.59 bits per heavy atom. The van der Waals surface area contributed by atoms with Crippen LogP contribution in [0.5, 0.6) is 5.75 Å². The van der Waals surface area contributed by atoms with E-state index in [1.807, 2.05) is 13.8 Å². The van der Waals surface area contributed by atoms with E-state index in [0.717, 1.165) is 13.0 Å². The lowest BCUT2D eigenvalue weighted by Gasteiger charge is -2.60. The minimum absolute atomic E-state index is 0.0244. The highest BCUT2D eigenvalue weighted by molar-refractivity contribution is 6.24. The van der Waals surface area contributed by atoms with E-state index in [0.29, 0.717) is 16.7 Å². The molecular formula is C39H43FO9. The number of aromatic hydroxyl groups is 1. The van der Waals surface area contributed by atoms with Crippen molar-refractivity contribution >= 4 is 34.7 Å². The zero-order chi connectivity index (χ0) is 36.7. The number of halogens is 1. The van der Waals surface area contributed by atoms with Gasteiger partial charge < -0.3 is 20.4 Å². The highest BCUT2D eigenvalue weighted by Gasteiger charge is 2.72. The summed E-state index contributed by atoms with van der Waals surface area (Å²) in [6, 6.07) is 5.53. The molecule has 3 aliphatic carbocycles. The van der Waals surface area contributed by atoms with E-state index in [4.69, 9.17) is 0 Å². The van der Waals surface area contributed by atoms with E-state index in [2.05, 4.69) is 0 Å².